The van der Waals surface area contributed by atoms with E-state index in [4.69, 9.17) is 9.47 Å². The van der Waals surface area contributed by atoms with Crippen molar-refractivity contribution in [2.24, 2.45) is 0 Å². The van der Waals surface area contributed by atoms with Crippen LogP contribution in [-0.2, 0) is 13.0 Å². The van der Waals surface area contributed by atoms with Crippen molar-refractivity contribution in [3.63, 3.8) is 0 Å². The van der Waals surface area contributed by atoms with Crippen LogP contribution in [0.15, 0.2) is 29.6 Å². The number of fused-ring (bicyclic) bond motifs is 1. The van der Waals surface area contributed by atoms with Crippen molar-refractivity contribution in [1.29, 1.82) is 0 Å². The standard InChI is InChI=1S/C17H18N2O4S/c1-22-13-8-11-5-6-19(10-12(11)9-14(13)23-2)17(21)18-16(20)15-4-3-7-24-15/h3-4,7-9H,5-6,10H2,1-2H3,(H,18,20,21). The number of urea groups is 1. The van der Waals surface area contributed by atoms with Crippen LogP contribution in [-0.4, -0.2) is 37.6 Å². The maximum atomic E-state index is 12.3. The second kappa shape index (κ2) is 6.92. The Morgan fingerprint density at radius 3 is 2.50 bits per heavy atom. The summed E-state index contributed by atoms with van der Waals surface area (Å²) in [6, 6.07) is 6.92. The van der Waals surface area contributed by atoms with Crippen molar-refractivity contribution in [1.82, 2.24) is 10.2 Å². The van der Waals surface area contributed by atoms with Crippen molar-refractivity contribution in [2.75, 3.05) is 20.8 Å². The molecular weight excluding hydrogens is 328 g/mol. The van der Waals surface area contributed by atoms with Crippen LogP contribution >= 0.6 is 11.3 Å². The number of nitrogens with one attached hydrogen (secondary N) is 1. The quantitative estimate of drug-likeness (QED) is 0.928. The Hall–Kier alpha value is -2.54. The number of carbonyl (C=O) groups is 2. The summed E-state index contributed by atoms with van der Waals surface area (Å²) < 4.78 is 10.6. The van der Waals surface area contributed by atoms with Gasteiger partial charge in [0, 0.05) is 13.1 Å². The number of benzene rings is 1. The van der Waals surface area contributed by atoms with Crippen molar-refractivity contribution in [3.8, 4) is 11.5 Å². The topological polar surface area (TPSA) is 67.9 Å². The Morgan fingerprint density at radius 1 is 1.17 bits per heavy atom. The van der Waals surface area contributed by atoms with Crippen LogP contribution in [0.3, 0.4) is 0 Å². The number of carbonyl (C=O) groups excluding carboxylic acids is 2. The second-order valence-corrected chi connectivity index (χ2v) is 6.33. The van der Waals surface area contributed by atoms with E-state index in [0.29, 0.717) is 35.9 Å². The number of rotatable bonds is 3. The average Bonchev–Trinajstić information content (AvgIpc) is 3.14. The lowest BCUT2D eigenvalue weighted by Crippen LogP contribution is -2.44. The van der Waals surface area contributed by atoms with Gasteiger partial charge in [0.1, 0.15) is 0 Å². The number of nitrogens with zero attached hydrogens (tertiary/aromatic N) is 1. The molecule has 0 atom stereocenters. The summed E-state index contributed by atoms with van der Waals surface area (Å²) in [6.45, 7) is 0.977. The summed E-state index contributed by atoms with van der Waals surface area (Å²) in [6.07, 6.45) is 0.705. The monoisotopic (exact) mass is 346 g/mol. The first kappa shape index (κ1) is 16.3. The highest BCUT2D eigenvalue weighted by Crippen LogP contribution is 2.33. The molecule has 7 heteroatoms. The smallest absolute Gasteiger partial charge is 0.324 e. The first-order valence-electron chi connectivity index (χ1n) is 7.50. The van der Waals surface area contributed by atoms with Crippen LogP contribution in [0.1, 0.15) is 20.8 Å². The molecule has 0 saturated heterocycles. The third-order valence-electron chi connectivity index (χ3n) is 3.97. The molecule has 126 valence electrons. The van der Waals surface area contributed by atoms with E-state index in [9.17, 15) is 9.59 Å². The summed E-state index contributed by atoms with van der Waals surface area (Å²) in [5.74, 6) is 0.948. The van der Waals surface area contributed by atoms with E-state index >= 15 is 0 Å². The van der Waals surface area contributed by atoms with Crippen molar-refractivity contribution in [3.05, 3.63) is 45.6 Å². The molecule has 2 heterocycles. The van der Waals surface area contributed by atoms with E-state index in [0.717, 1.165) is 11.1 Å². The summed E-state index contributed by atoms with van der Waals surface area (Å²) in [4.78, 5) is 26.5. The third kappa shape index (κ3) is 3.21. The number of thiophene rings is 1. The van der Waals surface area contributed by atoms with Gasteiger partial charge in [0.15, 0.2) is 11.5 Å². The lowest BCUT2D eigenvalue weighted by Gasteiger charge is -2.29. The van der Waals surface area contributed by atoms with E-state index in [1.54, 1.807) is 36.6 Å². The summed E-state index contributed by atoms with van der Waals surface area (Å²) in [7, 11) is 3.18. The maximum absolute atomic E-state index is 12.3. The molecule has 0 fully saturated rings. The molecule has 24 heavy (non-hydrogen) atoms. The van der Waals surface area contributed by atoms with Gasteiger partial charge in [-0.25, -0.2) is 4.79 Å². The zero-order valence-electron chi connectivity index (χ0n) is 13.5. The Kier molecular flexibility index (Phi) is 4.71. The van der Waals surface area contributed by atoms with Gasteiger partial charge < -0.3 is 14.4 Å². The highest BCUT2D eigenvalue weighted by Gasteiger charge is 2.24. The van der Waals surface area contributed by atoms with E-state index in [1.165, 1.54) is 11.3 Å². The van der Waals surface area contributed by atoms with Gasteiger partial charge in [0.25, 0.3) is 5.91 Å². The van der Waals surface area contributed by atoms with Crippen LogP contribution in [0, 0.1) is 0 Å². The summed E-state index contributed by atoms with van der Waals surface area (Å²) in [5.41, 5.74) is 2.12. The minimum Gasteiger partial charge on any atom is -0.493 e. The molecule has 0 radical (unpaired) electrons. The highest BCUT2D eigenvalue weighted by molar-refractivity contribution is 7.12. The van der Waals surface area contributed by atoms with E-state index < -0.39 is 0 Å². The van der Waals surface area contributed by atoms with Crippen LogP contribution < -0.4 is 14.8 Å². The Morgan fingerprint density at radius 2 is 1.88 bits per heavy atom. The molecule has 6 nitrogen and oxygen atoms in total. The highest BCUT2D eigenvalue weighted by atomic mass is 32.1. The molecule has 0 bridgehead atoms. The van der Waals surface area contributed by atoms with Gasteiger partial charge in [-0.1, -0.05) is 6.07 Å². The molecule has 0 saturated carbocycles. The summed E-state index contributed by atoms with van der Waals surface area (Å²) in [5, 5.41) is 4.24. The van der Waals surface area contributed by atoms with E-state index in [-0.39, 0.29) is 11.9 Å². The van der Waals surface area contributed by atoms with Crippen LogP contribution in [0.5, 0.6) is 11.5 Å². The summed E-state index contributed by atoms with van der Waals surface area (Å²) >= 11 is 1.30. The van der Waals surface area contributed by atoms with Gasteiger partial charge in [0.2, 0.25) is 0 Å². The number of ether oxygens (including phenoxy) is 2. The number of amides is 3. The van der Waals surface area contributed by atoms with Gasteiger partial charge >= 0.3 is 6.03 Å². The fourth-order valence-corrected chi connectivity index (χ4v) is 3.32. The van der Waals surface area contributed by atoms with Crippen molar-refractivity contribution < 1.29 is 19.1 Å². The Labute approximate surface area is 144 Å². The molecule has 0 unspecified atom stereocenters. The molecule has 2 aromatic rings. The Balaban J connectivity index is 1.72. The van der Waals surface area contributed by atoms with E-state index in [1.807, 2.05) is 12.1 Å². The molecule has 3 rings (SSSR count). The molecule has 1 aromatic carbocycles. The van der Waals surface area contributed by atoms with E-state index in [2.05, 4.69) is 5.32 Å². The zero-order valence-corrected chi connectivity index (χ0v) is 14.3. The van der Waals surface area contributed by atoms with Crippen LogP contribution in [0.25, 0.3) is 0 Å². The predicted octanol–water partition coefficient (Wildman–Crippen LogP) is 2.67. The maximum Gasteiger partial charge on any atom is 0.324 e. The van der Waals surface area contributed by atoms with Gasteiger partial charge in [-0.2, -0.15) is 0 Å². The molecule has 0 spiro atoms. The molecule has 1 aromatic heterocycles. The second-order valence-electron chi connectivity index (χ2n) is 5.38. The number of imide groups is 1. The number of methoxy groups -OCH3 is 2. The minimum absolute atomic E-state index is 0.367. The lowest BCUT2D eigenvalue weighted by atomic mass is 9.99. The first-order valence-corrected chi connectivity index (χ1v) is 8.38. The fourth-order valence-electron chi connectivity index (χ4n) is 2.70. The number of hydrogen-bond donors (Lipinski definition) is 1. The van der Waals surface area contributed by atoms with Gasteiger partial charge in [0.05, 0.1) is 19.1 Å². The van der Waals surface area contributed by atoms with Crippen LogP contribution in [0.4, 0.5) is 4.79 Å². The molecule has 0 aliphatic carbocycles. The molecular formula is C17H18N2O4S. The first-order chi connectivity index (χ1) is 11.6. The average molecular weight is 346 g/mol. The minimum atomic E-state index is -0.381. The number of hydrogen-bond acceptors (Lipinski definition) is 5. The van der Waals surface area contributed by atoms with Gasteiger partial charge in [-0.15, -0.1) is 11.3 Å². The SMILES string of the molecule is COc1cc2c(cc1OC)CN(C(=O)NC(=O)c1cccs1)CC2. The Bertz CT molecular complexity index is 758. The normalized spacial score (nSPS) is 13.2. The zero-order chi connectivity index (χ0) is 17.1. The lowest BCUT2D eigenvalue weighted by molar-refractivity contribution is 0.0954. The largest absolute Gasteiger partial charge is 0.493 e. The van der Waals surface area contributed by atoms with Crippen molar-refractivity contribution in [2.45, 2.75) is 13.0 Å². The van der Waals surface area contributed by atoms with Crippen molar-refractivity contribution >= 4 is 23.3 Å². The molecule has 1 aliphatic rings. The predicted molar refractivity (Wildman–Crippen MR) is 90.8 cm³/mol. The fraction of sp³-hybridized carbons (Fsp3) is 0.294. The third-order valence-corrected chi connectivity index (χ3v) is 4.84. The van der Waals surface area contributed by atoms with Gasteiger partial charge in [-0.05, 0) is 41.1 Å². The molecule has 3 amide bonds. The molecule has 1 N–H and O–H groups in total. The van der Waals surface area contributed by atoms with Gasteiger partial charge in [-0.3, -0.25) is 10.1 Å². The van der Waals surface area contributed by atoms with Crippen LogP contribution in [0.2, 0.25) is 0 Å². The molecule has 1 aliphatic heterocycles.